The van der Waals surface area contributed by atoms with E-state index >= 15 is 0 Å². The van der Waals surface area contributed by atoms with Crippen LogP contribution >= 0.6 is 0 Å². The van der Waals surface area contributed by atoms with Crippen LogP contribution < -0.4 is 10.1 Å². The Morgan fingerprint density at radius 2 is 2.12 bits per heavy atom. The first-order chi connectivity index (χ1) is 8.17. The lowest BCUT2D eigenvalue weighted by atomic mass is 10.2. The third kappa shape index (κ3) is 4.15. The number of rotatable bonds is 5. The quantitative estimate of drug-likeness (QED) is 0.791. The second kappa shape index (κ2) is 6.54. The third-order valence-electron chi connectivity index (χ3n) is 2.36. The number of hydrogen-bond acceptors (Lipinski definition) is 3. The summed E-state index contributed by atoms with van der Waals surface area (Å²) < 4.78 is 5.60. The highest BCUT2D eigenvalue weighted by molar-refractivity contribution is 5.94. The van der Waals surface area contributed by atoms with Crippen LogP contribution in [0.3, 0.4) is 0 Å². The zero-order valence-electron chi connectivity index (χ0n) is 10.1. The molecule has 0 saturated carbocycles. The summed E-state index contributed by atoms with van der Waals surface area (Å²) >= 11 is 0. The van der Waals surface area contributed by atoms with Gasteiger partial charge < -0.3 is 10.1 Å². The molecule has 0 aliphatic heterocycles. The van der Waals surface area contributed by atoms with Crippen LogP contribution in [0, 0.1) is 11.3 Å². The molecule has 1 amide bonds. The van der Waals surface area contributed by atoms with Gasteiger partial charge in [0.15, 0.2) is 0 Å². The van der Waals surface area contributed by atoms with Gasteiger partial charge in [-0.1, -0.05) is 6.92 Å². The SMILES string of the molecule is CC[C@H](C)Oc1ccc(C(=O)NCC#N)cc1. The maximum Gasteiger partial charge on any atom is 0.252 e. The molecule has 1 rings (SSSR count). The molecule has 0 unspecified atom stereocenters. The number of benzene rings is 1. The van der Waals surface area contributed by atoms with E-state index in [1.165, 1.54) is 0 Å². The minimum absolute atomic E-state index is 0.0178. The van der Waals surface area contributed by atoms with Crippen molar-refractivity contribution in [2.75, 3.05) is 6.54 Å². The van der Waals surface area contributed by atoms with Crippen molar-refractivity contribution in [3.05, 3.63) is 29.8 Å². The standard InChI is InChI=1S/C13H16N2O2/c1-3-10(2)17-12-6-4-11(5-7-12)13(16)15-9-8-14/h4-7,10H,3,9H2,1-2H3,(H,15,16)/t10-/m0/s1. The summed E-state index contributed by atoms with van der Waals surface area (Å²) in [5, 5.41) is 10.8. The molecule has 90 valence electrons. The van der Waals surface area contributed by atoms with Crippen LogP contribution in [-0.2, 0) is 0 Å². The van der Waals surface area contributed by atoms with E-state index in [4.69, 9.17) is 10.00 Å². The van der Waals surface area contributed by atoms with Crippen LogP contribution in [0.2, 0.25) is 0 Å². The molecular formula is C13H16N2O2. The Hall–Kier alpha value is -2.02. The Morgan fingerprint density at radius 1 is 1.47 bits per heavy atom. The Labute approximate surface area is 101 Å². The minimum Gasteiger partial charge on any atom is -0.491 e. The Morgan fingerprint density at radius 3 is 2.65 bits per heavy atom. The predicted molar refractivity (Wildman–Crippen MR) is 64.8 cm³/mol. The summed E-state index contributed by atoms with van der Waals surface area (Å²) in [6, 6.07) is 8.74. The molecule has 17 heavy (non-hydrogen) atoms. The number of carbonyl (C=O) groups is 1. The van der Waals surface area contributed by atoms with E-state index in [9.17, 15) is 4.79 Å². The lowest BCUT2D eigenvalue weighted by molar-refractivity contribution is 0.0958. The molecule has 1 atom stereocenters. The number of carbonyl (C=O) groups excluding carboxylic acids is 1. The van der Waals surface area contributed by atoms with Gasteiger partial charge >= 0.3 is 0 Å². The van der Waals surface area contributed by atoms with Crippen molar-refractivity contribution in [2.24, 2.45) is 0 Å². The molecule has 0 spiro atoms. The fourth-order valence-electron chi connectivity index (χ4n) is 1.22. The van der Waals surface area contributed by atoms with Crippen molar-refractivity contribution < 1.29 is 9.53 Å². The van der Waals surface area contributed by atoms with Gasteiger partial charge in [-0.2, -0.15) is 5.26 Å². The lowest BCUT2D eigenvalue weighted by Crippen LogP contribution is -2.23. The van der Waals surface area contributed by atoms with E-state index in [1.807, 2.05) is 19.9 Å². The van der Waals surface area contributed by atoms with E-state index in [0.29, 0.717) is 5.56 Å². The number of ether oxygens (including phenoxy) is 1. The van der Waals surface area contributed by atoms with Gasteiger partial charge in [0.1, 0.15) is 12.3 Å². The van der Waals surface area contributed by atoms with Crippen molar-refractivity contribution in [1.82, 2.24) is 5.32 Å². The van der Waals surface area contributed by atoms with Crippen LogP contribution in [-0.4, -0.2) is 18.6 Å². The van der Waals surface area contributed by atoms with E-state index in [1.54, 1.807) is 24.3 Å². The highest BCUT2D eigenvalue weighted by Crippen LogP contribution is 2.14. The molecule has 1 aromatic rings. The zero-order chi connectivity index (χ0) is 12.7. The van der Waals surface area contributed by atoms with Crippen LogP contribution in [0.25, 0.3) is 0 Å². The highest BCUT2D eigenvalue weighted by atomic mass is 16.5. The van der Waals surface area contributed by atoms with Gasteiger partial charge in [0.25, 0.3) is 5.91 Å². The van der Waals surface area contributed by atoms with Gasteiger partial charge in [0.05, 0.1) is 12.2 Å². The van der Waals surface area contributed by atoms with Crippen molar-refractivity contribution in [1.29, 1.82) is 5.26 Å². The number of hydrogen-bond donors (Lipinski definition) is 1. The van der Waals surface area contributed by atoms with Gasteiger partial charge in [0, 0.05) is 5.56 Å². The number of nitrogens with one attached hydrogen (secondary N) is 1. The van der Waals surface area contributed by atoms with Crippen molar-refractivity contribution in [3.8, 4) is 11.8 Å². The molecule has 0 aliphatic carbocycles. The average Bonchev–Trinajstić information content (AvgIpc) is 2.36. The summed E-state index contributed by atoms with van der Waals surface area (Å²) in [6.45, 7) is 4.06. The third-order valence-corrected chi connectivity index (χ3v) is 2.36. The van der Waals surface area contributed by atoms with E-state index in [2.05, 4.69) is 5.32 Å². The van der Waals surface area contributed by atoms with E-state index in [-0.39, 0.29) is 18.6 Å². The average molecular weight is 232 g/mol. The maximum atomic E-state index is 11.5. The maximum absolute atomic E-state index is 11.5. The molecule has 0 aliphatic rings. The fourth-order valence-corrected chi connectivity index (χ4v) is 1.22. The molecule has 0 saturated heterocycles. The topological polar surface area (TPSA) is 62.1 Å². The first-order valence-electron chi connectivity index (χ1n) is 5.59. The van der Waals surface area contributed by atoms with Gasteiger partial charge in [-0.05, 0) is 37.6 Å². The molecule has 1 aromatic carbocycles. The molecule has 4 nitrogen and oxygen atoms in total. The summed E-state index contributed by atoms with van der Waals surface area (Å²) in [4.78, 5) is 11.5. The zero-order valence-corrected chi connectivity index (χ0v) is 10.1. The van der Waals surface area contributed by atoms with Gasteiger partial charge in [-0.25, -0.2) is 0 Å². The number of amides is 1. The van der Waals surface area contributed by atoms with Crippen molar-refractivity contribution in [2.45, 2.75) is 26.4 Å². The van der Waals surface area contributed by atoms with Crippen molar-refractivity contribution >= 4 is 5.91 Å². The second-order valence-electron chi connectivity index (χ2n) is 3.70. The van der Waals surface area contributed by atoms with Crippen molar-refractivity contribution in [3.63, 3.8) is 0 Å². The molecular weight excluding hydrogens is 216 g/mol. The first-order valence-corrected chi connectivity index (χ1v) is 5.59. The summed E-state index contributed by atoms with van der Waals surface area (Å²) in [6.07, 6.45) is 1.10. The van der Waals surface area contributed by atoms with Crippen LogP contribution in [0.4, 0.5) is 0 Å². The second-order valence-corrected chi connectivity index (χ2v) is 3.70. The molecule has 1 N–H and O–H groups in total. The Kier molecular flexibility index (Phi) is 5.02. The minimum atomic E-state index is -0.248. The Bertz CT molecular complexity index is 406. The molecule has 0 heterocycles. The monoisotopic (exact) mass is 232 g/mol. The normalized spacial score (nSPS) is 11.4. The van der Waals surface area contributed by atoms with Crippen LogP contribution in [0.15, 0.2) is 24.3 Å². The summed E-state index contributed by atoms with van der Waals surface area (Å²) in [5.41, 5.74) is 0.525. The molecule has 4 heteroatoms. The highest BCUT2D eigenvalue weighted by Gasteiger charge is 2.05. The van der Waals surface area contributed by atoms with E-state index < -0.39 is 0 Å². The van der Waals surface area contributed by atoms with Crippen LogP contribution in [0.1, 0.15) is 30.6 Å². The largest absolute Gasteiger partial charge is 0.491 e. The first kappa shape index (κ1) is 13.0. The predicted octanol–water partition coefficient (Wildman–Crippen LogP) is 2.12. The van der Waals surface area contributed by atoms with Crippen LogP contribution in [0.5, 0.6) is 5.75 Å². The summed E-state index contributed by atoms with van der Waals surface area (Å²) in [7, 11) is 0. The molecule has 0 aromatic heterocycles. The molecule has 0 bridgehead atoms. The Balaban J connectivity index is 2.62. The number of nitrogens with zero attached hydrogens (tertiary/aromatic N) is 1. The fraction of sp³-hybridized carbons (Fsp3) is 0.385. The van der Waals surface area contributed by atoms with Gasteiger partial charge in [-0.3, -0.25) is 4.79 Å². The summed E-state index contributed by atoms with van der Waals surface area (Å²) in [5.74, 6) is 0.498. The number of nitriles is 1. The van der Waals surface area contributed by atoms with Gasteiger partial charge in [-0.15, -0.1) is 0 Å². The molecule has 0 fully saturated rings. The van der Waals surface area contributed by atoms with E-state index in [0.717, 1.165) is 12.2 Å². The van der Waals surface area contributed by atoms with Gasteiger partial charge in [0.2, 0.25) is 0 Å². The molecule has 0 radical (unpaired) electrons. The smallest absolute Gasteiger partial charge is 0.252 e. The lowest BCUT2D eigenvalue weighted by Gasteiger charge is -2.12.